The van der Waals surface area contributed by atoms with E-state index in [1.807, 2.05) is 20.8 Å². The molecule has 0 saturated carbocycles. The smallest absolute Gasteiger partial charge is 0.251 e. The molecule has 0 bridgehead atoms. The van der Waals surface area contributed by atoms with Gasteiger partial charge in [0.15, 0.2) is 5.11 Å². The SMILES string of the molecule is CCNC(=S)N1CCC(C(NC(=O)c2ccc(F)cc2)C(=O)N(CC)CC)CC1. The van der Waals surface area contributed by atoms with E-state index in [0.717, 1.165) is 37.6 Å². The number of hydrogen-bond donors (Lipinski definition) is 2. The number of carbonyl (C=O) groups is 2. The quantitative estimate of drug-likeness (QED) is 0.661. The molecule has 1 aliphatic rings. The second-order valence-electron chi connectivity index (χ2n) is 7.13. The molecule has 8 heteroatoms. The molecule has 6 nitrogen and oxygen atoms in total. The molecule has 2 rings (SSSR count). The van der Waals surface area contributed by atoms with Gasteiger partial charge in [-0.1, -0.05) is 0 Å². The highest BCUT2D eigenvalue weighted by Gasteiger charge is 2.35. The van der Waals surface area contributed by atoms with E-state index in [9.17, 15) is 14.0 Å². The highest BCUT2D eigenvalue weighted by atomic mass is 32.1. The van der Waals surface area contributed by atoms with Crippen LogP contribution in [0.2, 0.25) is 0 Å². The van der Waals surface area contributed by atoms with E-state index < -0.39 is 11.9 Å². The normalized spacial score (nSPS) is 15.5. The average molecular weight is 423 g/mol. The minimum absolute atomic E-state index is 0.0215. The Kier molecular flexibility index (Phi) is 8.82. The summed E-state index contributed by atoms with van der Waals surface area (Å²) in [7, 11) is 0. The summed E-state index contributed by atoms with van der Waals surface area (Å²) in [4.78, 5) is 29.7. The second-order valence-corrected chi connectivity index (χ2v) is 7.52. The van der Waals surface area contributed by atoms with Crippen LogP contribution in [0.5, 0.6) is 0 Å². The molecule has 1 saturated heterocycles. The van der Waals surface area contributed by atoms with Gasteiger partial charge in [-0.15, -0.1) is 0 Å². The van der Waals surface area contributed by atoms with E-state index >= 15 is 0 Å². The van der Waals surface area contributed by atoms with E-state index in [0.29, 0.717) is 18.7 Å². The number of halogens is 1. The van der Waals surface area contributed by atoms with Gasteiger partial charge in [0.05, 0.1) is 0 Å². The van der Waals surface area contributed by atoms with Crippen LogP contribution < -0.4 is 10.6 Å². The van der Waals surface area contributed by atoms with Gasteiger partial charge in [-0.2, -0.15) is 0 Å². The third-order valence-corrected chi connectivity index (χ3v) is 5.76. The van der Waals surface area contributed by atoms with Gasteiger partial charge in [0.2, 0.25) is 5.91 Å². The Hall–Kier alpha value is -2.22. The Morgan fingerprint density at radius 2 is 1.76 bits per heavy atom. The zero-order valence-corrected chi connectivity index (χ0v) is 18.2. The first-order valence-corrected chi connectivity index (χ1v) is 10.7. The largest absolute Gasteiger partial charge is 0.363 e. The molecule has 1 fully saturated rings. The summed E-state index contributed by atoms with van der Waals surface area (Å²) in [5.74, 6) is -0.811. The Morgan fingerprint density at radius 1 is 1.17 bits per heavy atom. The summed E-state index contributed by atoms with van der Waals surface area (Å²) in [6.45, 7) is 9.28. The molecule has 0 aromatic heterocycles. The lowest BCUT2D eigenvalue weighted by molar-refractivity contribution is -0.134. The molecule has 2 amide bonds. The number of likely N-dealkylation sites (tertiary alicyclic amines) is 1. The molecule has 0 spiro atoms. The number of nitrogens with one attached hydrogen (secondary N) is 2. The van der Waals surface area contributed by atoms with Crippen molar-refractivity contribution >= 4 is 29.1 Å². The molecule has 0 radical (unpaired) electrons. The predicted molar refractivity (Wildman–Crippen MR) is 116 cm³/mol. The van der Waals surface area contributed by atoms with Crippen LogP contribution in [0.1, 0.15) is 44.0 Å². The van der Waals surface area contributed by atoms with Gasteiger partial charge in [0, 0.05) is 38.3 Å². The summed E-state index contributed by atoms with van der Waals surface area (Å²) in [5.41, 5.74) is 0.342. The molecule has 0 aliphatic carbocycles. The van der Waals surface area contributed by atoms with Gasteiger partial charge in [0.25, 0.3) is 5.91 Å². The highest BCUT2D eigenvalue weighted by molar-refractivity contribution is 7.80. The fourth-order valence-corrected chi connectivity index (χ4v) is 3.96. The average Bonchev–Trinajstić information content (AvgIpc) is 2.73. The van der Waals surface area contributed by atoms with Gasteiger partial charge in [0.1, 0.15) is 11.9 Å². The van der Waals surface area contributed by atoms with Gasteiger partial charge in [-0.3, -0.25) is 9.59 Å². The Bertz CT molecular complexity index is 701. The summed E-state index contributed by atoms with van der Waals surface area (Å²) in [6.07, 6.45) is 1.51. The predicted octanol–water partition coefficient (Wildman–Crippen LogP) is 2.40. The van der Waals surface area contributed by atoms with Crippen molar-refractivity contribution in [1.82, 2.24) is 20.4 Å². The maximum Gasteiger partial charge on any atom is 0.251 e. The van der Waals surface area contributed by atoms with Crippen LogP contribution in [-0.2, 0) is 4.79 Å². The molecule has 2 N–H and O–H groups in total. The third kappa shape index (κ3) is 6.13. The molecule has 29 heavy (non-hydrogen) atoms. The first-order valence-electron chi connectivity index (χ1n) is 10.3. The number of piperidine rings is 1. The highest BCUT2D eigenvalue weighted by Crippen LogP contribution is 2.23. The Morgan fingerprint density at radius 3 is 2.28 bits per heavy atom. The lowest BCUT2D eigenvalue weighted by Gasteiger charge is -2.38. The standard InChI is InChI=1S/C21H31FN4O2S/c1-4-23-21(29)26-13-11-15(12-14-26)18(20(28)25(5-2)6-3)24-19(27)16-7-9-17(22)10-8-16/h7-10,15,18H,4-6,11-14H2,1-3H3,(H,23,29)(H,24,27). The van der Waals surface area contributed by atoms with E-state index in [-0.39, 0.29) is 17.7 Å². The summed E-state index contributed by atoms with van der Waals surface area (Å²) < 4.78 is 13.2. The van der Waals surface area contributed by atoms with Crippen molar-refractivity contribution in [2.45, 2.75) is 39.7 Å². The molecule has 1 atom stereocenters. The lowest BCUT2D eigenvalue weighted by atomic mass is 9.88. The van der Waals surface area contributed by atoms with Crippen molar-refractivity contribution in [3.8, 4) is 0 Å². The van der Waals surface area contributed by atoms with Crippen molar-refractivity contribution in [3.05, 3.63) is 35.6 Å². The van der Waals surface area contributed by atoms with Gasteiger partial charge in [-0.25, -0.2) is 4.39 Å². The topological polar surface area (TPSA) is 64.7 Å². The number of rotatable bonds is 7. The summed E-state index contributed by atoms with van der Waals surface area (Å²) >= 11 is 5.39. The van der Waals surface area contributed by atoms with Gasteiger partial charge >= 0.3 is 0 Å². The van der Waals surface area contributed by atoms with Crippen LogP contribution in [0.15, 0.2) is 24.3 Å². The van der Waals surface area contributed by atoms with E-state index in [1.54, 1.807) is 4.90 Å². The Labute approximate surface area is 177 Å². The number of hydrogen-bond acceptors (Lipinski definition) is 3. The zero-order valence-electron chi connectivity index (χ0n) is 17.4. The molecular formula is C21H31FN4O2S. The molecule has 1 aliphatic heterocycles. The second kappa shape index (κ2) is 11.1. The number of likely N-dealkylation sites (N-methyl/N-ethyl adjacent to an activating group) is 1. The molecule has 1 heterocycles. The number of benzene rings is 1. The van der Waals surface area contributed by atoms with Crippen LogP contribution in [0, 0.1) is 11.7 Å². The number of nitrogens with zero attached hydrogens (tertiary/aromatic N) is 2. The molecule has 1 aromatic rings. The first kappa shape index (κ1) is 23.1. The van der Waals surface area contributed by atoms with Crippen molar-refractivity contribution in [3.63, 3.8) is 0 Å². The molecule has 1 aromatic carbocycles. The summed E-state index contributed by atoms with van der Waals surface area (Å²) in [6, 6.07) is 4.75. The van der Waals surface area contributed by atoms with E-state index in [1.165, 1.54) is 24.3 Å². The lowest BCUT2D eigenvalue weighted by Crippen LogP contribution is -2.55. The molecule has 1 unspecified atom stereocenters. The van der Waals surface area contributed by atoms with Crippen LogP contribution in [0.25, 0.3) is 0 Å². The first-order chi connectivity index (χ1) is 13.9. The third-order valence-electron chi connectivity index (χ3n) is 5.36. The maximum absolute atomic E-state index is 13.2. The van der Waals surface area contributed by atoms with E-state index in [2.05, 4.69) is 15.5 Å². The summed E-state index contributed by atoms with van der Waals surface area (Å²) in [5, 5.41) is 6.81. The van der Waals surface area contributed by atoms with Crippen molar-refractivity contribution in [1.29, 1.82) is 0 Å². The molecule has 160 valence electrons. The number of carbonyl (C=O) groups excluding carboxylic acids is 2. The fourth-order valence-electron chi connectivity index (χ4n) is 3.64. The molecular weight excluding hydrogens is 391 g/mol. The minimum atomic E-state index is -0.609. The van der Waals surface area contributed by atoms with Crippen molar-refractivity contribution in [2.75, 3.05) is 32.7 Å². The van der Waals surface area contributed by atoms with E-state index in [4.69, 9.17) is 12.2 Å². The number of amides is 2. The Balaban J connectivity index is 2.13. The monoisotopic (exact) mass is 422 g/mol. The van der Waals surface area contributed by atoms with Crippen LogP contribution >= 0.6 is 12.2 Å². The van der Waals surface area contributed by atoms with Gasteiger partial charge < -0.3 is 20.4 Å². The van der Waals surface area contributed by atoms with Gasteiger partial charge in [-0.05, 0) is 76.0 Å². The minimum Gasteiger partial charge on any atom is -0.363 e. The van der Waals surface area contributed by atoms with Crippen LogP contribution in [0.4, 0.5) is 4.39 Å². The van der Waals surface area contributed by atoms with Crippen LogP contribution in [-0.4, -0.2) is 65.5 Å². The van der Waals surface area contributed by atoms with Crippen LogP contribution in [0.3, 0.4) is 0 Å². The zero-order chi connectivity index (χ0) is 21.4. The maximum atomic E-state index is 13.2. The van der Waals surface area contributed by atoms with Crippen molar-refractivity contribution < 1.29 is 14.0 Å². The fraction of sp³-hybridized carbons (Fsp3) is 0.571. The number of thiocarbonyl (C=S) groups is 1. The van der Waals surface area contributed by atoms with Crippen molar-refractivity contribution in [2.24, 2.45) is 5.92 Å².